The molecule has 0 unspecified atom stereocenters. The zero-order valence-corrected chi connectivity index (χ0v) is 14.9. The summed E-state index contributed by atoms with van der Waals surface area (Å²) in [6, 6.07) is 2.37. The van der Waals surface area contributed by atoms with Gasteiger partial charge in [-0.2, -0.15) is 31.4 Å². The molecule has 3 aromatic heterocycles. The van der Waals surface area contributed by atoms with Crippen molar-refractivity contribution in [1.82, 2.24) is 25.0 Å². The number of methoxy groups -OCH3 is 1. The first-order valence-corrected chi connectivity index (χ1v) is 8.26. The van der Waals surface area contributed by atoms with Crippen molar-refractivity contribution in [3.63, 3.8) is 0 Å². The predicted octanol–water partition coefficient (Wildman–Crippen LogP) is 3.42. The van der Waals surface area contributed by atoms with E-state index in [1.54, 1.807) is 0 Å². The molecule has 0 spiro atoms. The molecule has 1 amide bonds. The largest absolute Gasteiger partial charge is 0.480 e. The van der Waals surface area contributed by atoms with Crippen LogP contribution in [0, 0.1) is 0 Å². The summed E-state index contributed by atoms with van der Waals surface area (Å²) >= 11 is 0.412. The van der Waals surface area contributed by atoms with E-state index in [0.29, 0.717) is 27.6 Å². The van der Waals surface area contributed by atoms with Crippen LogP contribution in [0.5, 0.6) is 5.88 Å². The number of ether oxygens (including phenoxy) is 1. The van der Waals surface area contributed by atoms with Gasteiger partial charge in [0.1, 0.15) is 0 Å². The van der Waals surface area contributed by atoms with Crippen molar-refractivity contribution in [1.29, 1.82) is 0 Å². The van der Waals surface area contributed by atoms with Gasteiger partial charge in [0.15, 0.2) is 22.3 Å². The summed E-state index contributed by atoms with van der Waals surface area (Å²) in [5, 5.41) is 12.6. The van der Waals surface area contributed by atoms with Crippen molar-refractivity contribution >= 4 is 22.4 Å². The Morgan fingerprint density at radius 3 is 2.38 bits per heavy atom. The smallest absolute Gasteiger partial charge is 0.434 e. The number of carbonyl (C=O) groups excluding carboxylic acids is 1. The van der Waals surface area contributed by atoms with Crippen LogP contribution in [0.2, 0.25) is 0 Å². The van der Waals surface area contributed by atoms with Gasteiger partial charge >= 0.3 is 12.4 Å². The summed E-state index contributed by atoms with van der Waals surface area (Å²) in [6.45, 7) is 0. The van der Waals surface area contributed by atoms with Gasteiger partial charge < -0.3 is 4.74 Å². The molecule has 3 aromatic rings. The minimum absolute atomic E-state index is 0.0386. The molecule has 0 fully saturated rings. The molecule has 0 saturated heterocycles. The molecule has 3 rings (SSSR count). The van der Waals surface area contributed by atoms with Gasteiger partial charge in [-0.3, -0.25) is 10.1 Å². The predicted molar refractivity (Wildman–Crippen MR) is 85.8 cm³/mol. The summed E-state index contributed by atoms with van der Waals surface area (Å²) in [5.41, 5.74) is -3.70. The van der Waals surface area contributed by atoms with Crippen LogP contribution in [0.15, 0.2) is 23.7 Å². The summed E-state index contributed by atoms with van der Waals surface area (Å²) in [5.74, 6) is -1.66. The number of nitrogens with one attached hydrogen (secondary N) is 1. The molecular weight excluding hydrogens is 430 g/mol. The van der Waals surface area contributed by atoms with Crippen LogP contribution in [0.3, 0.4) is 0 Å². The number of rotatable bonds is 4. The second kappa shape index (κ2) is 7.31. The van der Waals surface area contributed by atoms with Crippen LogP contribution < -0.4 is 10.1 Å². The Balaban J connectivity index is 1.95. The minimum Gasteiger partial charge on any atom is -0.480 e. The monoisotopic (exact) mass is 438 g/mol. The van der Waals surface area contributed by atoms with E-state index < -0.39 is 40.3 Å². The molecule has 0 aliphatic carbocycles. The Morgan fingerprint density at radius 2 is 1.86 bits per heavy atom. The number of anilines is 1. The second-order valence-electron chi connectivity index (χ2n) is 5.24. The molecule has 154 valence electrons. The lowest BCUT2D eigenvalue weighted by molar-refractivity contribution is -0.143. The zero-order valence-electron chi connectivity index (χ0n) is 14.0. The van der Waals surface area contributed by atoms with E-state index in [2.05, 4.69) is 20.3 Å². The van der Waals surface area contributed by atoms with Gasteiger partial charge in [-0.25, -0.2) is 9.67 Å². The van der Waals surface area contributed by atoms with E-state index in [1.165, 1.54) is 13.2 Å². The fourth-order valence-electron chi connectivity index (χ4n) is 2.12. The van der Waals surface area contributed by atoms with Gasteiger partial charge in [0.2, 0.25) is 5.88 Å². The van der Waals surface area contributed by atoms with Gasteiger partial charge in [0.25, 0.3) is 5.91 Å². The average Bonchev–Trinajstić information content (AvgIpc) is 3.28. The maximum Gasteiger partial charge on any atom is 0.434 e. The van der Waals surface area contributed by atoms with Gasteiger partial charge in [-0.15, -0.1) is 21.5 Å². The Hall–Kier alpha value is -3.23. The van der Waals surface area contributed by atoms with Crippen molar-refractivity contribution in [3.05, 3.63) is 40.7 Å². The van der Waals surface area contributed by atoms with E-state index in [9.17, 15) is 31.1 Å². The van der Waals surface area contributed by atoms with E-state index >= 15 is 0 Å². The van der Waals surface area contributed by atoms with Crippen molar-refractivity contribution in [2.75, 3.05) is 12.4 Å². The first-order valence-electron chi connectivity index (χ1n) is 7.38. The molecule has 29 heavy (non-hydrogen) atoms. The third kappa shape index (κ3) is 4.28. The highest BCUT2D eigenvalue weighted by Crippen LogP contribution is 2.35. The lowest BCUT2D eigenvalue weighted by atomic mass is 10.2. The van der Waals surface area contributed by atoms with Gasteiger partial charge in [0, 0.05) is 11.4 Å². The molecule has 0 aliphatic heterocycles. The van der Waals surface area contributed by atoms with Crippen LogP contribution in [-0.2, 0) is 12.4 Å². The first-order chi connectivity index (χ1) is 13.5. The lowest BCUT2D eigenvalue weighted by Gasteiger charge is -2.11. The fraction of sp³-hybridized carbons (Fsp3) is 0.214. The number of carbonyl (C=O) groups is 1. The maximum atomic E-state index is 13.6. The van der Waals surface area contributed by atoms with E-state index in [4.69, 9.17) is 4.74 Å². The molecule has 0 aromatic carbocycles. The molecule has 15 heteroatoms. The summed E-state index contributed by atoms with van der Waals surface area (Å²) in [7, 11) is 1.28. The molecule has 0 radical (unpaired) electrons. The molecule has 0 saturated carbocycles. The number of hydrogen-bond acceptors (Lipinski definition) is 7. The standard InChI is InChI=1S/C14H8F6N6O2S/c1-28-9-3-2-8(24-25-9)26-10(14(18,19)20)6(4-21-26)11(27)23-12-22-7(5-29-12)13(15,16)17/h2-5H,1H3,(H,22,23,27). The third-order valence-electron chi connectivity index (χ3n) is 3.35. The van der Waals surface area contributed by atoms with Crippen LogP contribution in [-0.4, -0.2) is 38.0 Å². The average molecular weight is 438 g/mol. The summed E-state index contributed by atoms with van der Waals surface area (Å²) < 4.78 is 83.5. The summed E-state index contributed by atoms with van der Waals surface area (Å²) in [6.07, 6.45) is -9.18. The quantitative estimate of drug-likeness (QED) is 0.628. The van der Waals surface area contributed by atoms with Crippen LogP contribution in [0.25, 0.3) is 5.82 Å². The highest BCUT2D eigenvalue weighted by molar-refractivity contribution is 7.14. The maximum absolute atomic E-state index is 13.6. The Labute approximate surface area is 161 Å². The number of nitrogens with zero attached hydrogens (tertiary/aromatic N) is 5. The van der Waals surface area contributed by atoms with Crippen LogP contribution in [0.4, 0.5) is 31.5 Å². The fourth-order valence-corrected chi connectivity index (χ4v) is 2.83. The number of aromatic nitrogens is 5. The van der Waals surface area contributed by atoms with E-state index in [1.807, 2.05) is 5.32 Å². The van der Waals surface area contributed by atoms with Crippen molar-refractivity contribution in [2.24, 2.45) is 0 Å². The molecule has 8 nitrogen and oxygen atoms in total. The van der Waals surface area contributed by atoms with E-state index in [0.717, 1.165) is 6.07 Å². The number of thiazole rings is 1. The normalized spacial score (nSPS) is 12.1. The topological polar surface area (TPSA) is 94.8 Å². The molecule has 1 N–H and O–H groups in total. The zero-order chi connectivity index (χ0) is 21.4. The Bertz CT molecular complexity index is 1030. The Kier molecular flexibility index (Phi) is 5.16. The highest BCUT2D eigenvalue weighted by Gasteiger charge is 2.41. The van der Waals surface area contributed by atoms with Crippen molar-refractivity contribution in [3.8, 4) is 11.7 Å². The minimum atomic E-state index is -5.04. The van der Waals surface area contributed by atoms with Gasteiger partial charge in [0.05, 0.1) is 18.9 Å². The van der Waals surface area contributed by atoms with E-state index in [-0.39, 0.29) is 11.7 Å². The molecule has 0 bridgehead atoms. The first kappa shape index (κ1) is 20.5. The third-order valence-corrected chi connectivity index (χ3v) is 4.11. The number of hydrogen-bond donors (Lipinski definition) is 1. The Morgan fingerprint density at radius 1 is 1.14 bits per heavy atom. The van der Waals surface area contributed by atoms with Crippen LogP contribution >= 0.6 is 11.3 Å². The number of halogens is 6. The number of amides is 1. The second-order valence-corrected chi connectivity index (χ2v) is 6.10. The molecule has 0 atom stereocenters. The SMILES string of the molecule is COc1ccc(-n2ncc(C(=O)Nc3nc(C(F)(F)F)cs3)c2C(F)(F)F)nn1. The van der Waals surface area contributed by atoms with Gasteiger partial charge in [-0.1, -0.05) is 0 Å². The van der Waals surface area contributed by atoms with Crippen molar-refractivity contribution in [2.45, 2.75) is 12.4 Å². The van der Waals surface area contributed by atoms with Crippen molar-refractivity contribution < 1.29 is 35.9 Å². The lowest BCUT2D eigenvalue weighted by Crippen LogP contribution is -2.21. The molecule has 0 aliphatic rings. The molecular formula is C14H8F6N6O2S. The summed E-state index contributed by atoms with van der Waals surface area (Å²) in [4.78, 5) is 15.4. The van der Waals surface area contributed by atoms with Crippen LogP contribution in [0.1, 0.15) is 21.7 Å². The number of alkyl halides is 6. The van der Waals surface area contributed by atoms with Gasteiger partial charge in [-0.05, 0) is 6.07 Å². The molecule has 3 heterocycles. The highest BCUT2D eigenvalue weighted by atomic mass is 32.1.